The number of phenolic OH excluding ortho intramolecular Hbond substituents is 2. The lowest BCUT2D eigenvalue weighted by molar-refractivity contribution is -0.110. The maximum absolute atomic E-state index is 10.4. The van der Waals surface area contributed by atoms with E-state index in [1.165, 1.54) is 0 Å². The Balaban J connectivity index is 0.000000646. The molecule has 150 valence electrons. The second kappa shape index (κ2) is 9.67. The third kappa shape index (κ3) is 6.81. The molecular weight excluding hydrogens is 353 g/mol. The zero-order valence-corrected chi connectivity index (χ0v) is 16.3. The summed E-state index contributed by atoms with van der Waals surface area (Å²) < 4.78 is 31.1. The number of hydrogen-bond acceptors (Lipinski definition) is 2. The van der Waals surface area contributed by atoms with Crippen LogP contribution in [0.4, 0.5) is 13.2 Å². The van der Waals surface area contributed by atoms with E-state index >= 15 is 0 Å². The third-order valence-corrected chi connectivity index (χ3v) is 4.84. The van der Waals surface area contributed by atoms with Crippen LogP contribution in [0.15, 0.2) is 48.5 Å². The molecule has 0 radical (unpaired) electrons. The van der Waals surface area contributed by atoms with Crippen LogP contribution in [0.25, 0.3) is 0 Å². The molecule has 0 saturated carbocycles. The lowest BCUT2D eigenvalue weighted by atomic mass is 9.65. The smallest absolute Gasteiger partial charge is 0.386 e. The van der Waals surface area contributed by atoms with Crippen molar-refractivity contribution in [2.24, 2.45) is 5.92 Å². The summed E-state index contributed by atoms with van der Waals surface area (Å²) in [5.74, 6) is 1.02. The summed E-state index contributed by atoms with van der Waals surface area (Å²) in [6.07, 6.45) is -0.723. The van der Waals surface area contributed by atoms with E-state index in [2.05, 4.69) is 32.9 Å². The summed E-state index contributed by atoms with van der Waals surface area (Å²) >= 11 is 0. The normalized spacial score (nSPS) is 12.9. The zero-order valence-electron chi connectivity index (χ0n) is 16.3. The Morgan fingerprint density at radius 1 is 0.852 bits per heavy atom. The summed E-state index contributed by atoms with van der Waals surface area (Å²) in [5.41, 5.74) is 1.96. The molecule has 0 fully saturated rings. The molecule has 0 bridgehead atoms. The quantitative estimate of drug-likeness (QED) is 0.577. The van der Waals surface area contributed by atoms with Crippen molar-refractivity contribution in [2.45, 2.75) is 58.5 Å². The van der Waals surface area contributed by atoms with Crippen LogP contribution in [0, 0.1) is 5.92 Å². The maximum atomic E-state index is 10.4. The number of hydrogen-bond donors (Lipinski definition) is 2. The molecule has 1 unspecified atom stereocenters. The topological polar surface area (TPSA) is 40.5 Å². The first-order valence-corrected chi connectivity index (χ1v) is 9.18. The number of phenols is 2. The Labute approximate surface area is 159 Å². The molecule has 2 rings (SSSR count). The molecule has 27 heavy (non-hydrogen) atoms. The summed E-state index contributed by atoms with van der Waals surface area (Å²) in [5, 5.41) is 19.8. The molecule has 5 heteroatoms. The van der Waals surface area contributed by atoms with Gasteiger partial charge >= 0.3 is 6.18 Å². The highest BCUT2D eigenvalue weighted by Gasteiger charge is 2.36. The molecule has 0 amide bonds. The van der Waals surface area contributed by atoms with Gasteiger partial charge in [0.05, 0.1) is 0 Å². The monoisotopic (exact) mass is 382 g/mol. The minimum absolute atomic E-state index is 0.188. The molecule has 0 aliphatic heterocycles. The predicted octanol–water partition coefficient (Wildman–Crippen LogP) is 6.80. The van der Waals surface area contributed by atoms with Crippen LogP contribution in [-0.4, -0.2) is 16.4 Å². The van der Waals surface area contributed by atoms with Gasteiger partial charge in [-0.2, -0.15) is 13.2 Å². The Bertz CT molecular complexity index is 659. The van der Waals surface area contributed by atoms with Crippen molar-refractivity contribution >= 4 is 0 Å². The van der Waals surface area contributed by atoms with Crippen molar-refractivity contribution in [3.8, 4) is 11.5 Å². The van der Waals surface area contributed by atoms with Crippen molar-refractivity contribution in [1.29, 1.82) is 0 Å². The van der Waals surface area contributed by atoms with E-state index in [9.17, 15) is 23.4 Å². The van der Waals surface area contributed by atoms with Gasteiger partial charge in [0.1, 0.15) is 11.5 Å². The molecule has 2 N–H and O–H groups in total. The Kier molecular flexibility index (Phi) is 8.20. The SMILES string of the molecule is CC(F)(F)F.CCCC(CC)C(C)(c1cccc(O)c1)c1cccc(O)c1. The number of rotatable bonds is 6. The standard InChI is InChI=1S/C20H26O2.C2H3F3/c1-4-8-15(5-2)20(3,16-9-6-11-18(21)13-16)17-10-7-12-19(22)14-17;1-2(3,4)5/h6-7,9-15,21-22H,4-5,8H2,1-3H3;1H3. The van der Waals surface area contributed by atoms with Crippen LogP contribution in [0.3, 0.4) is 0 Å². The van der Waals surface area contributed by atoms with E-state index in [0.29, 0.717) is 5.92 Å². The molecule has 0 spiro atoms. The molecule has 0 aliphatic rings. The van der Waals surface area contributed by atoms with Gasteiger partial charge in [0.15, 0.2) is 0 Å². The summed E-state index contributed by atoms with van der Waals surface area (Å²) in [4.78, 5) is 0. The highest BCUT2D eigenvalue weighted by molar-refractivity contribution is 5.44. The number of halogens is 3. The lowest BCUT2D eigenvalue weighted by Gasteiger charge is -2.39. The van der Waals surface area contributed by atoms with Gasteiger partial charge in [-0.3, -0.25) is 0 Å². The van der Waals surface area contributed by atoms with Gasteiger partial charge in [0.2, 0.25) is 0 Å². The number of aromatic hydroxyl groups is 2. The molecule has 0 aromatic heterocycles. The van der Waals surface area contributed by atoms with E-state index in [4.69, 9.17) is 0 Å². The molecule has 2 aromatic rings. The van der Waals surface area contributed by atoms with Crippen molar-refractivity contribution in [1.82, 2.24) is 0 Å². The Morgan fingerprint density at radius 3 is 1.56 bits per heavy atom. The fourth-order valence-corrected chi connectivity index (χ4v) is 3.55. The minimum atomic E-state index is -4.00. The number of alkyl halides is 3. The van der Waals surface area contributed by atoms with Gasteiger partial charge in [0, 0.05) is 12.3 Å². The highest BCUT2D eigenvalue weighted by Crippen LogP contribution is 2.44. The van der Waals surface area contributed by atoms with E-state index < -0.39 is 6.18 Å². The van der Waals surface area contributed by atoms with Gasteiger partial charge in [-0.1, -0.05) is 57.9 Å². The predicted molar refractivity (Wildman–Crippen MR) is 103 cm³/mol. The van der Waals surface area contributed by atoms with Crippen LogP contribution in [0.1, 0.15) is 58.1 Å². The lowest BCUT2D eigenvalue weighted by Crippen LogP contribution is -2.33. The van der Waals surface area contributed by atoms with Gasteiger partial charge in [-0.25, -0.2) is 0 Å². The second-order valence-corrected chi connectivity index (χ2v) is 6.98. The average Bonchev–Trinajstić information content (AvgIpc) is 2.57. The van der Waals surface area contributed by atoms with Gasteiger partial charge in [0.25, 0.3) is 0 Å². The summed E-state index contributed by atoms with van der Waals surface area (Å²) in [7, 11) is 0. The van der Waals surface area contributed by atoms with Crippen LogP contribution in [0.2, 0.25) is 0 Å². The van der Waals surface area contributed by atoms with E-state index in [-0.39, 0.29) is 23.8 Å². The van der Waals surface area contributed by atoms with E-state index in [1.807, 2.05) is 24.3 Å². The first-order valence-electron chi connectivity index (χ1n) is 9.18. The fourth-order valence-electron chi connectivity index (χ4n) is 3.55. The number of benzene rings is 2. The van der Waals surface area contributed by atoms with Crippen LogP contribution in [0.5, 0.6) is 11.5 Å². The summed E-state index contributed by atoms with van der Waals surface area (Å²) in [6.45, 7) is 6.82. The highest BCUT2D eigenvalue weighted by atomic mass is 19.4. The van der Waals surface area contributed by atoms with Crippen molar-refractivity contribution in [3.63, 3.8) is 0 Å². The van der Waals surface area contributed by atoms with Crippen molar-refractivity contribution < 1.29 is 23.4 Å². The fraction of sp³-hybridized carbons (Fsp3) is 0.455. The molecule has 2 aromatic carbocycles. The largest absolute Gasteiger partial charge is 0.508 e. The van der Waals surface area contributed by atoms with Crippen molar-refractivity contribution in [2.75, 3.05) is 0 Å². The molecule has 2 nitrogen and oxygen atoms in total. The molecule has 0 saturated heterocycles. The Hall–Kier alpha value is -2.17. The average molecular weight is 382 g/mol. The van der Waals surface area contributed by atoms with Gasteiger partial charge < -0.3 is 10.2 Å². The van der Waals surface area contributed by atoms with Crippen LogP contribution >= 0.6 is 0 Å². The third-order valence-electron chi connectivity index (χ3n) is 4.84. The first kappa shape index (κ1) is 22.9. The molecule has 0 heterocycles. The van der Waals surface area contributed by atoms with Crippen LogP contribution in [-0.2, 0) is 5.41 Å². The second-order valence-electron chi connectivity index (χ2n) is 6.98. The first-order chi connectivity index (χ1) is 12.5. The maximum Gasteiger partial charge on any atom is 0.386 e. The molecular formula is C22H29F3O2. The molecule has 0 aliphatic carbocycles. The van der Waals surface area contributed by atoms with E-state index in [1.54, 1.807) is 12.1 Å². The van der Waals surface area contributed by atoms with Crippen LogP contribution < -0.4 is 0 Å². The van der Waals surface area contributed by atoms with Gasteiger partial charge in [-0.15, -0.1) is 0 Å². The van der Waals surface area contributed by atoms with Crippen molar-refractivity contribution in [3.05, 3.63) is 59.7 Å². The Morgan fingerprint density at radius 2 is 1.26 bits per heavy atom. The zero-order chi connectivity index (χ0) is 20.7. The molecule has 1 atom stereocenters. The van der Waals surface area contributed by atoms with Gasteiger partial charge in [-0.05, 0) is 47.7 Å². The summed E-state index contributed by atoms with van der Waals surface area (Å²) in [6, 6.07) is 15.0. The van der Waals surface area contributed by atoms with E-state index in [0.717, 1.165) is 30.4 Å². The minimum Gasteiger partial charge on any atom is -0.508 e.